The maximum Gasteiger partial charge on any atom is 0.234 e. The van der Waals surface area contributed by atoms with Crippen molar-refractivity contribution in [3.8, 4) is 0 Å². The van der Waals surface area contributed by atoms with E-state index in [1.54, 1.807) is 6.08 Å². The number of hydrogen-bond donors (Lipinski definition) is 0. The maximum atomic E-state index is 9.81. The number of isocyanates is 1. The third-order valence-electron chi connectivity index (χ3n) is 2.27. The first-order valence-electron chi connectivity index (χ1n) is 5.12. The number of aryl methyl sites for hydroxylation is 1. The molecule has 0 aliphatic heterocycles. The Bertz CT molecular complexity index is 347. The Morgan fingerprint density at radius 2 is 2.00 bits per heavy atom. The molecule has 1 aromatic rings. The van der Waals surface area contributed by atoms with E-state index in [2.05, 4.69) is 35.8 Å². The lowest BCUT2D eigenvalue weighted by molar-refractivity contribution is 0.562. The fourth-order valence-electron chi connectivity index (χ4n) is 1.39. The molecule has 0 spiro atoms. The van der Waals surface area contributed by atoms with E-state index < -0.39 is 0 Å². The van der Waals surface area contributed by atoms with Gasteiger partial charge < -0.3 is 0 Å². The van der Waals surface area contributed by atoms with Gasteiger partial charge in [0.1, 0.15) is 0 Å². The van der Waals surface area contributed by atoms with Crippen LogP contribution in [0.1, 0.15) is 24.0 Å². The highest BCUT2D eigenvalue weighted by atomic mass is 16.1. The second-order valence-corrected chi connectivity index (χ2v) is 3.38. The van der Waals surface area contributed by atoms with Crippen molar-refractivity contribution in [2.75, 3.05) is 6.54 Å². The summed E-state index contributed by atoms with van der Waals surface area (Å²) in [6.45, 7) is 4.30. The summed E-state index contributed by atoms with van der Waals surface area (Å²) >= 11 is 0. The molecule has 1 rings (SSSR count). The molecular weight excluding hydrogens is 186 g/mol. The Morgan fingerprint density at radius 3 is 2.60 bits per heavy atom. The van der Waals surface area contributed by atoms with Crippen LogP contribution in [0.4, 0.5) is 0 Å². The van der Waals surface area contributed by atoms with Crippen molar-refractivity contribution in [3.05, 3.63) is 42.0 Å². The fraction of sp³-hybridized carbons (Fsp3) is 0.308. The van der Waals surface area contributed by atoms with E-state index in [0.29, 0.717) is 6.54 Å². The molecule has 0 radical (unpaired) electrons. The molecule has 0 N–H and O–H groups in total. The third-order valence-corrected chi connectivity index (χ3v) is 2.27. The van der Waals surface area contributed by atoms with Crippen LogP contribution in [0.5, 0.6) is 0 Å². The number of aliphatic imine (C=N–C) groups is 1. The first kappa shape index (κ1) is 11.4. The van der Waals surface area contributed by atoms with Gasteiger partial charge in [0.25, 0.3) is 0 Å². The number of hydrogen-bond acceptors (Lipinski definition) is 2. The van der Waals surface area contributed by atoms with Crippen LogP contribution >= 0.6 is 0 Å². The summed E-state index contributed by atoms with van der Waals surface area (Å²) in [6, 6.07) is 8.35. The molecule has 0 aliphatic carbocycles. The quantitative estimate of drug-likeness (QED) is 0.395. The molecule has 0 atom stereocenters. The third kappa shape index (κ3) is 4.39. The second-order valence-electron chi connectivity index (χ2n) is 3.38. The smallest absolute Gasteiger partial charge is 0.211 e. The molecule has 0 saturated heterocycles. The Balaban J connectivity index is 2.31. The van der Waals surface area contributed by atoms with Crippen molar-refractivity contribution < 1.29 is 4.79 Å². The molecule has 15 heavy (non-hydrogen) atoms. The lowest BCUT2D eigenvalue weighted by atomic mass is 10.1. The van der Waals surface area contributed by atoms with Gasteiger partial charge in [-0.2, -0.15) is 0 Å². The maximum absolute atomic E-state index is 9.81. The van der Waals surface area contributed by atoms with Crippen LogP contribution in [0.3, 0.4) is 0 Å². The molecule has 0 fully saturated rings. The SMILES string of the molecule is C=Cc1ccc(CCCCN=C=O)cc1. The molecule has 0 heterocycles. The standard InChI is InChI=1S/C13H15NO/c1-2-12-6-8-13(9-7-12)5-3-4-10-14-11-15/h2,6-9H,1,3-5,10H2. The number of nitrogens with zero attached hydrogens (tertiary/aromatic N) is 1. The van der Waals surface area contributed by atoms with Crippen LogP contribution < -0.4 is 0 Å². The molecule has 0 amide bonds. The van der Waals surface area contributed by atoms with Crippen molar-refractivity contribution in [1.29, 1.82) is 0 Å². The minimum Gasteiger partial charge on any atom is -0.211 e. The van der Waals surface area contributed by atoms with Crippen molar-refractivity contribution >= 4 is 12.2 Å². The van der Waals surface area contributed by atoms with Crippen molar-refractivity contribution in [1.82, 2.24) is 0 Å². The normalized spacial score (nSPS) is 9.33. The summed E-state index contributed by atoms with van der Waals surface area (Å²) in [7, 11) is 0. The van der Waals surface area contributed by atoms with Crippen molar-refractivity contribution in [3.63, 3.8) is 0 Å². The van der Waals surface area contributed by atoms with E-state index in [4.69, 9.17) is 0 Å². The highest BCUT2D eigenvalue weighted by Gasteiger charge is 1.93. The van der Waals surface area contributed by atoms with Gasteiger partial charge in [0.2, 0.25) is 6.08 Å². The van der Waals surface area contributed by atoms with E-state index in [0.717, 1.165) is 24.8 Å². The number of benzene rings is 1. The van der Waals surface area contributed by atoms with Crippen molar-refractivity contribution in [2.45, 2.75) is 19.3 Å². The largest absolute Gasteiger partial charge is 0.234 e. The van der Waals surface area contributed by atoms with Crippen LogP contribution in [0, 0.1) is 0 Å². The van der Waals surface area contributed by atoms with Gasteiger partial charge in [0.15, 0.2) is 0 Å². The monoisotopic (exact) mass is 201 g/mol. The summed E-state index contributed by atoms with van der Waals surface area (Å²) in [5, 5.41) is 0. The molecule has 1 aromatic carbocycles. The zero-order valence-corrected chi connectivity index (χ0v) is 8.78. The van der Waals surface area contributed by atoms with E-state index in [9.17, 15) is 4.79 Å². The lowest BCUT2D eigenvalue weighted by Crippen LogP contribution is -1.87. The van der Waals surface area contributed by atoms with E-state index in [1.807, 2.05) is 6.08 Å². The molecule has 0 bridgehead atoms. The van der Waals surface area contributed by atoms with Crippen LogP contribution in [0.25, 0.3) is 6.08 Å². The number of rotatable bonds is 6. The minimum atomic E-state index is 0.592. The molecule has 0 saturated carbocycles. The summed E-state index contributed by atoms with van der Waals surface area (Å²) in [5.74, 6) is 0. The summed E-state index contributed by atoms with van der Waals surface area (Å²) < 4.78 is 0. The highest BCUT2D eigenvalue weighted by molar-refractivity contribution is 5.47. The van der Waals surface area contributed by atoms with Gasteiger partial charge in [0.05, 0.1) is 6.54 Å². The topological polar surface area (TPSA) is 29.4 Å². The van der Waals surface area contributed by atoms with Gasteiger partial charge >= 0.3 is 0 Å². The van der Waals surface area contributed by atoms with E-state index in [-0.39, 0.29) is 0 Å². The molecule has 2 nitrogen and oxygen atoms in total. The lowest BCUT2D eigenvalue weighted by Gasteiger charge is -2.00. The number of carbonyl (C=O) groups excluding carboxylic acids is 1. The fourth-order valence-corrected chi connectivity index (χ4v) is 1.39. The van der Waals surface area contributed by atoms with Gasteiger partial charge in [-0.25, -0.2) is 9.79 Å². The van der Waals surface area contributed by atoms with Crippen LogP contribution in [-0.2, 0) is 11.2 Å². The van der Waals surface area contributed by atoms with Crippen molar-refractivity contribution in [2.24, 2.45) is 4.99 Å². The second kappa shape index (κ2) is 6.74. The minimum absolute atomic E-state index is 0.592. The van der Waals surface area contributed by atoms with Crippen LogP contribution in [-0.4, -0.2) is 12.6 Å². The Morgan fingerprint density at radius 1 is 1.27 bits per heavy atom. The molecule has 0 aliphatic rings. The predicted octanol–water partition coefficient (Wildman–Crippen LogP) is 2.99. The average molecular weight is 201 g/mol. The van der Waals surface area contributed by atoms with E-state index in [1.165, 1.54) is 5.56 Å². The summed E-state index contributed by atoms with van der Waals surface area (Å²) in [5.41, 5.74) is 2.46. The van der Waals surface area contributed by atoms with E-state index >= 15 is 0 Å². The van der Waals surface area contributed by atoms with Crippen LogP contribution in [0.2, 0.25) is 0 Å². The predicted molar refractivity (Wildman–Crippen MR) is 62.5 cm³/mol. The van der Waals surface area contributed by atoms with Gasteiger partial charge in [-0.05, 0) is 30.4 Å². The first-order valence-corrected chi connectivity index (χ1v) is 5.12. The Kier molecular flexibility index (Phi) is 5.13. The molecule has 0 aromatic heterocycles. The highest BCUT2D eigenvalue weighted by Crippen LogP contribution is 2.08. The zero-order chi connectivity index (χ0) is 10.9. The molecule has 2 heteroatoms. The van der Waals surface area contributed by atoms with Gasteiger partial charge in [0, 0.05) is 0 Å². The van der Waals surface area contributed by atoms with Gasteiger partial charge in [-0.15, -0.1) is 0 Å². The molecule has 78 valence electrons. The van der Waals surface area contributed by atoms with Crippen LogP contribution in [0.15, 0.2) is 35.8 Å². The first-order chi connectivity index (χ1) is 7.36. The Labute approximate surface area is 90.4 Å². The summed E-state index contributed by atoms with van der Waals surface area (Å²) in [4.78, 5) is 13.3. The number of unbranched alkanes of at least 4 members (excludes halogenated alkanes) is 1. The Hall–Kier alpha value is -1.66. The summed E-state index contributed by atoms with van der Waals surface area (Å²) in [6.07, 6.45) is 6.41. The zero-order valence-electron chi connectivity index (χ0n) is 8.78. The molecule has 0 unspecified atom stereocenters. The van der Waals surface area contributed by atoms with Gasteiger partial charge in [-0.1, -0.05) is 36.9 Å². The van der Waals surface area contributed by atoms with Gasteiger partial charge in [-0.3, -0.25) is 0 Å². The molecular formula is C13H15NO. The average Bonchev–Trinajstić information content (AvgIpc) is 2.30.